The minimum absolute atomic E-state index is 0.0250. The number of hydrogen-bond acceptors (Lipinski definition) is 9. The number of fused-ring (bicyclic) bond motifs is 1. The Labute approximate surface area is 181 Å². The molecule has 1 fully saturated rings. The topological polar surface area (TPSA) is 136 Å². The van der Waals surface area contributed by atoms with Crippen molar-refractivity contribution in [2.45, 2.75) is 64.4 Å². The average Bonchev–Trinajstić information content (AvgIpc) is 2.93. The minimum Gasteiger partial charge on any atom is -0.458 e. The molecule has 2 aliphatic rings. The molecule has 6 atom stereocenters. The molecule has 0 aromatic rings. The van der Waals surface area contributed by atoms with Crippen molar-refractivity contribution in [1.82, 2.24) is 0 Å². The zero-order valence-corrected chi connectivity index (χ0v) is 18.2. The van der Waals surface area contributed by atoms with Crippen molar-refractivity contribution in [3.63, 3.8) is 0 Å². The van der Waals surface area contributed by atoms with Gasteiger partial charge in [-0.2, -0.15) is 0 Å². The molecule has 31 heavy (non-hydrogen) atoms. The maximum atomic E-state index is 12.8. The molecule has 0 aromatic carbocycles. The number of hydrogen-bond donors (Lipinski definition) is 2. The molecule has 1 saturated heterocycles. The molecule has 9 heteroatoms. The van der Waals surface area contributed by atoms with Gasteiger partial charge in [-0.05, 0) is 25.3 Å². The summed E-state index contributed by atoms with van der Waals surface area (Å²) in [5.41, 5.74) is -2.33. The third-order valence-corrected chi connectivity index (χ3v) is 5.45. The highest BCUT2D eigenvalue weighted by Gasteiger charge is 2.56. The molecule has 1 heterocycles. The lowest BCUT2D eigenvalue weighted by Gasteiger charge is -2.39. The maximum absolute atomic E-state index is 12.8. The molecule has 0 radical (unpaired) electrons. The first-order valence-corrected chi connectivity index (χ1v) is 10.2. The van der Waals surface area contributed by atoms with E-state index in [2.05, 4.69) is 6.58 Å². The maximum Gasteiger partial charge on any atom is 0.334 e. The second-order valence-electron chi connectivity index (χ2n) is 8.63. The SMILES string of the molecule is C=C1C(=O)O[C@@H]2CC(CO)/C=C\C(=O)[C@](C)(O)C(OC(C)=O)[C@@H](OC(=O)CC(C)C)[C@@H]12. The van der Waals surface area contributed by atoms with E-state index in [1.54, 1.807) is 13.8 Å². The van der Waals surface area contributed by atoms with Gasteiger partial charge in [0.25, 0.3) is 0 Å². The summed E-state index contributed by atoms with van der Waals surface area (Å²) in [6.07, 6.45) is -1.29. The van der Waals surface area contributed by atoms with Gasteiger partial charge in [0, 0.05) is 31.4 Å². The number of aliphatic hydroxyl groups excluding tert-OH is 1. The molecule has 0 aromatic heterocycles. The summed E-state index contributed by atoms with van der Waals surface area (Å²) in [7, 11) is 0. The molecule has 172 valence electrons. The number of carbonyl (C=O) groups is 4. The van der Waals surface area contributed by atoms with E-state index in [1.807, 2.05) is 0 Å². The quantitative estimate of drug-likeness (QED) is 0.364. The Morgan fingerprint density at radius 3 is 2.52 bits per heavy atom. The lowest BCUT2D eigenvalue weighted by atomic mass is 9.77. The first kappa shape index (κ1) is 24.7. The number of rotatable bonds is 5. The number of aliphatic hydroxyl groups is 2. The summed E-state index contributed by atoms with van der Waals surface area (Å²) < 4.78 is 16.3. The van der Waals surface area contributed by atoms with E-state index in [9.17, 15) is 29.4 Å². The van der Waals surface area contributed by atoms with Crippen LogP contribution in [0.3, 0.4) is 0 Å². The summed E-state index contributed by atoms with van der Waals surface area (Å²) in [6.45, 7) is 9.24. The van der Waals surface area contributed by atoms with Gasteiger partial charge in [-0.1, -0.05) is 26.5 Å². The standard InChI is InChI=1S/C22H30O9/c1-11(2)8-17(26)31-19-18-12(3)21(27)30-15(18)9-14(10-23)6-7-16(25)22(5,28)20(19)29-13(4)24/h6-7,11,14-15,18-20,23,28H,3,8-10H2,1-2,4-5H3/b7-6-/t14?,15-,18+,19+,20?,22+/m1/s1. The molecule has 0 spiro atoms. The number of ketones is 1. The van der Waals surface area contributed by atoms with Gasteiger partial charge in [-0.15, -0.1) is 0 Å². The zero-order chi connectivity index (χ0) is 23.5. The fourth-order valence-corrected chi connectivity index (χ4v) is 3.83. The zero-order valence-electron chi connectivity index (χ0n) is 18.2. The first-order valence-electron chi connectivity index (χ1n) is 10.2. The summed E-state index contributed by atoms with van der Waals surface area (Å²) in [5, 5.41) is 20.8. The summed E-state index contributed by atoms with van der Waals surface area (Å²) in [6, 6.07) is 0. The lowest BCUT2D eigenvalue weighted by molar-refractivity contribution is -0.196. The van der Waals surface area contributed by atoms with Crippen LogP contribution in [0.1, 0.15) is 40.5 Å². The van der Waals surface area contributed by atoms with E-state index >= 15 is 0 Å². The third kappa shape index (κ3) is 5.59. The molecule has 2 rings (SSSR count). The van der Waals surface area contributed by atoms with E-state index in [0.29, 0.717) is 0 Å². The molecule has 0 amide bonds. The third-order valence-electron chi connectivity index (χ3n) is 5.45. The fourth-order valence-electron chi connectivity index (χ4n) is 3.83. The number of carbonyl (C=O) groups excluding carboxylic acids is 4. The van der Waals surface area contributed by atoms with Gasteiger partial charge in [0.2, 0.25) is 0 Å². The van der Waals surface area contributed by atoms with Crippen LogP contribution in [0.2, 0.25) is 0 Å². The second kappa shape index (κ2) is 9.74. The van der Waals surface area contributed by atoms with Crippen LogP contribution in [-0.2, 0) is 33.4 Å². The van der Waals surface area contributed by atoms with E-state index in [0.717, 1.165) is 19.9 Å². The van der Waals surface area contributed by atoms with Crippen molar-refractivity contribution in [3.8, 4) is 0 Å². The highest BCUT2D eigenvalue weighted by molar-refractivity contribution is 5.97. The van der Waals surface area contributed by atoms with Crippen LogP contribution in [0.5, 0.6) is 0 Å². The molecule has 0 bridgehead atoms. The minimum atomic E-state index is -2.29. The lowest BCUT2D eigenvalue weighted by Crippen LogP contribution is -2.58. The second-order valence-corrected chi connectivity index (χ2v) is 8.63. The van der Waals surface area contributed by atoms with E-state index in [4.69, 9.17) is 14.2 Å². The van der Waals surface area contributed by atoms with Gasteiger partial charge in [-0.25, -0.2) is 4.79 Å². The predicted molar refractivity (Wildman–Crippen MR) is 107 cm³/mol. The van der Waals surface area contributed by atoms with Crippen LogP contribution in [0.25, 0.3) is 0 Å². The Bertz CT molecular complexity index is 780. The normalized spacial score (nSPS) is 34.7. The van der Waals surface area contributed by atoms with Gasteiger partial charge in [0.05, 0.1) is 5.92 Å². The first-order chi connectivity index (χ1) is 14.4. The Morgan fingerprint density at radius 2 is 1.97 bits per heavy atom. The average molecular weight is 438 g/mol. The molecule has 2 unspecified atom stereocenters. The Balaban J connectivity index is 2.64. The van der Waals surface area contributed by atoms with Crippen molar-refractivity contribution in [2.24, 2.45) is 17.8 Å². The monoisotopic (exact) mass is 438 g/mol. The van der Waals surface area contributed by atoms with Crippen molar-refractivity contribution in [1.29, 1.82) is 0 Å². The Hall–Kier alpha value is -2.52. The van der Waals surface area contributed by atoms with E-state index in [1.165, 1.54) is 6.08 Å². The Morgan fingerprint density at radius 1 is 1.32 bits per heavy atom. The van der Waals surface area contributed by atoms with Crippen LogP contribution in [0.15, 0.2) is 24.3 Å². The smallest absolute Gasteiger partial charge is 0.334 e. The molecule has 2 N–H and O–H groups in total. The molecule has 9 nitrogen and oxygen atoms in total. The van der Waals surface area contributed by atoms with Crippen LogP contribution >= 0.6 is 0 Å². The van der Waals surface area contributed by atoms with Gasteiger partial charge in [0.1, 0.15) is 6.10 Å². The highest BCUT2D eigenvalue weighted by atomic mass is 16.6. The molecule has 0 saturated carbocycles. The van der Waals surface area contributed by atoms with Crippen molar-refractivity contribution in [3.05, 3.63) is 24.3 Å². The van der Waals surface area contributed by atoms with Crippen LogP contribution in [0.4, 0.5) is 0 Å². The predicted octanol–water partition coefficient (Wildman–Crippen LogP) is 0.862. The molecular formula is C22H30O9. The van der Waals surface area contributed by atoms with Crippen LogP contribution < -0.4 is 0 Å². The molecule has 1 aliphatic heterocycles. The van der Waals surface area contributed by atoms with Crippen molar-refractivity contribution in [2.75, 3.05) is 6.61 Å². The van der Waals surface area contributed by atoms with Gasteiger partial charge >= 0.3 is 17.9 Å². The van der Waals surface area contributed by atoms with E-state index < -0.39 is 59.4 Å². The summed E-state index contributed by atoms with van der Waals surface area (Å²) in [4.78, 5) is 49.5. The van der Waals surface area contributed by atoms with Gasteiger partial charge < -0.3 is 24.4 Å². The molecule has 1 aliphatic carbocycles. The van der Waals surface area contributed by atoms with Crippen LogP contribution in [-0.4, -0.2) is 64.4 Å². The van der Waals surface area contributed by atoms with Crippen LogP contribution in [0, 0.1) is 17.8 Å². The summed E-state index contributed by atoms with van der Waals surface area (Å²) in [5.74, 6) is -4.62. The largest absolute Gasteiger partial charge is 0.458 e. The van der Waals surface area contributed by atoms with Gasteiger partial charge in [0.15, 0.2) is 23.6 Å². The summed E-state index contributed by atoms with van der Waals surface area (Å²) >= 11 is 0. The van der Waals surface area contributed by atoms with Crippen molar-refractivity contribution >= 4 is 23.7 Å². The highest BCUT2D eigenvalue weighted by Crippen LogP contribution is 2.40. The number of ether oxygens (including phenoxy) is 3. The van der Waals surface area contributed by atoms with Gasteiger partial charge in [-0.3, -0.25) is 14.4 Å². The Kier molecular flexibility index (Phi) is 7.77. The molecular weight excluding hydrogens is 408 g/mol. The van der Waals surface area contributed by atoms with E-state index in [-0.39, 0.29) is 30.9 Å². The fraction of sp³-hybridized carbons (Fsp3) is 0.636. The number of esters is 3. The van der Waals surface area contributed by atoms with Crippen molar-refractivity contribution < 1.29 is 43.6 Å².